The van der Waals surface area contributed by atoms with Gasteiger partial charge in [0.1, 0.15) is 17.3 Å². The van der Waals surface area contributed by atoms with Gasteiger partial charge < -0.3 is 19.7 Å². The average Bonchev–Trinajstić information content (AvgIpc) is 3.59. The summed E-state index contributed by atoms with van der Waals surface area (Å²) in [6.07, 6.45) is 9.45. The van der Waals surface area contributed by atoms with E-state index >= 15 is 0 Å². The zero-order valence-corrected chi connectivity index (χ0v) is 22.6. The van der Waals surface area contributed by atoms with Crippen LogP contribution < -0.4 is 4.90 Å². The zero-order valence-electron chi connectivity index (χ0n) is 22.6. The highest BCUT2D eigenvalue weighted by molar-refractivity contribution is 5.95. The number of aromatic nitrogens is 5. The molecule has 0 aliphatic carbocycles. The fourth-order valence-electron chi connectivity index (χ4n) is 5.11. The van der Waals surface area contributed by atoms with Crippen LogP contribution in [0, 0.1) is 5.82 Å². The van der Waals surface area contributed by atoms with Crippen molar-refractivity contribution in [2.24, 2.45) is 0 Å². The van der Waals surface area contributed by atoms with Gasteiger partial charge in [-0.25, -0.2) is 14.4 Å². The van der Waals surface area contributed by atoms with E-state index in [4.69, 9.17) is 4.98 Å². The number of H-pyrrole nitrogens is 1. The van der Waals surface area contributed by atoms with Crippen LogP contribution in [0.4, 0.5) is 10.2 Å². The van der Waals surface area contributed by atoms with Gasteiger partial charge in [-0.05, 0) is 50.0 Å². The number of rotatable bonds is 7. The van der Waals surface area contributed by atoms with E-state index in [0.29, 0.717) is 26.2 Å². The summed E-state index contributed by atoms with van der Waals surface area (Å²) < 4.78 is 15.4. The molecule has 1 aliphatic heterocycles. The third-order valence-electron chi connectivity index (χ3n) is 7.20. The summed E-state index contributed by atoms with van der Waals surface area (Å²) in [6, 6.07) is 12.8. The van der Waals surface area contributed by atoms with E-state index in [1.165, 1.54) is 12.1 Å². The zero-order chi connectivity index (χ0) is 27.6. The lowest BCUT2D eigenvalue weighted by Crippen LogP contribution is -2.50. The first kappa shape index (κ1) is 25.7. The Morgan fingerprint density at radius 3 is 2.55 bits per heavy atom. The Kier molecular flexibility index (Phi) is 7.00. The van der Waals surface area contributed by atoms with Crippen molar-refractivity contribution in [1.29, 1.82) is 0 Å². The maximum Gasteiger partial charge on any atom is 0.236 e. The van der Waals surface area contributed by atoms with Gasteiger partial charge in [0.05, 0.1) is 19.3 Å². The minimum atomic E-state index is -0.252. The largest absolute Gasteiger partial charge is 0.353 e. The van der Waals surface area contributed by atoms with Gasteiger partial charge in [-0.15, -0.1) is 0 Å². The van der Waals surface area contributed by atoms with Gasteiger partial charge in [0, 0.05) is 78.6 Å². The molecular formula is C30H31FN8O. The van der Waals surface area contributed by atoms with Crippen molar-refractivity contribution in [3.05, 3.63) is 84.8 Å². The topological polar surface area (TPSA) is 86.2 Å². The Balaban J connectivity index is 1.17. The molecule has 1 N–H and O–H groups in total. The number of amides is 1. The molecule has 40 heavy (non-hydrogen) atoms. The van der Waals surface area contributed by atoms with Crippen LogP contribution in [0.1, 0.15) is 5.56 Å². The third-order valence-corrected chi connectivity index (χ3v) is 7.20. The lowest BCUT2D eigenvalue weighted by Gasteiger charge is -2.35. The molecular weight excluding hydrogens is 507 g/mol. The molecule has 5 aromatic rings. The maximum atomic E-state index is 13.6. The number of hydrogen-bond acceptors (Lipinski definition) is 6. The summed E-state index contributed by atoms with van der Waals surface area (Å²) >= 11 is 0. The predicted octanol–water partition coefficient (Wildman–Crippen LogP) is 3.89. The molecule has 5 heterocycles. The molecule has 0 spiro atoms. The van der Waals surface area contributed by atoms with Gasteiger partial charge in [0.25, 0.3) is 0 Å². The van der Waals surface area contributed by atoms with Crippen LogP contribution >= 0.6 is 0 Å². The van der Waals surface area contributed by atoms with Crippen LogP contribution in [-0.2, 0) is 11.3 Å². The van der Waals surface area contributed by atoms with Crippen LogP contribution in [0.3, 0.4) is 0 Å². The number of carbonyl (C=O) groups is 1. The SMILES string of the molecule is CN(C)CC(=O)N1CCN(c2ccc(-c3cnc4[nH]cc(-c5cnn(Cc6cccc(F)c6)c5)c4c3)cn2)CC1. The van der Waals surface area contributed by atoms with E-state index in [2.05, 4.69) is 32.1 Å². The maximum absolute atomic E-state index is 13.6. The quantitative estimate of drug-likeness (QED) is 0.339. The Morgan fingerprint density at radius 2 is 1.80 bits per heavy atom. The van der Waals surface area contributed by atoms with Crippen LogP contribution in [0.2, 0.25) is 0 Å². The number of anilines is 1. The van der Waals surface area contributed by atoms with Gasteiger partial charge in [-0.1, -0.05) is 12.1 Å². The van der Waals surface area contributed by atoms with Crippen molar-refractivity contribution in [1.82, 2.24) is 34.5 Å². The molecule has 1 fully saturated rings. The first-order chi connectivity index (χ1) is 19.4. The fourth-order valence-corrected chi connectivity index (χ4v) is 5.11. The first-order valence-corrected chi connectivity index (χ1v) is 13.3. The second kappa shape index (κ2) is 10.9. The highest BCUT2D eigenvalue weighted by Gasteiger charge is 2.22. The van der Waals surface area contributed by atoms with Gasteiger partial charge in [0.15, 0.2) is 0 Å². The lowest BCUT2D eigenvalue weighted by molar-refractivity contribution is -0.132. The summed E-state index contributed by atoms with van der Waals surface area (Å²) in [4.78, 5) is 31.0. The first-order valence-electron chi connectivity index (χ1n) is 13.3. The summed E-state index contributed by atoms with van der Waals surface area (Å²) in [5, 5.41) is 5.48. The predicted molar refractivity (Wildman–Crippen MR) is 153 cm³/mol. The summed E-state index contributed by atoms with van der Waals surface area (Å²) in [5.74, 6) is 0.821. The molecule has 0 unspecified atom stereocenters. The summed E-state index contributed by atoms with van der Waals surface area (Å²) in [6.45, 7) is 3.85. The normalized spacial score (nSPS) is 13.9. The Hall–Kier alpha value is -4.57. The Morgan fingerprint density at radius 1 is 0.975 bits per heavy atom. The molecule has 1 aliphatic rings. The number of aromatic amines is 1. The standard InChI is InChI=1S/C30H31FN8O/c1-36(2)20-29(40)38-10-8-37(9-11-38)28-7-6-22(14-32-28)23-13-26-27(17-34-30(26)33-15-23)24-16-35-39(19-24)18-21-4-3-5-25(31)12-21/h3-7,12-17,19H,8-11,18,20H2,1-2H3,(H,33,34). The second-order valence-corrected chi connectivity index (χ2v) is 10.4. The minimum absolute atomic E-state index is 0.166. The Bertz CT molecular complexity index is 1630. The van der Waals surface area contributed by atoms with Crippen molar-refractivity contribution < 1.29 is 9.18 Å². The van der Waals surface area contributed by atoms with Gasteiger partial charge >= 0.3 is 0 Å². The number of nitrogens with one attached hydrogen (secondary N) is 1. The average molecular weight is 539 g/mol. The van der Waals surface area contributed by atoms with E-state index in [1.807, 2.05) is 67.0 Å². The number of hydrogen-bond donors (Lipinski definition) is 1. The minimum Gasteiger partial charge on any atom is -0.353 e. The number of carbonyl (C=O) groups excluding carboxylic acids is 1. The molecule has 0 radical (unpaired) electrons. The van der Waals surface area contributed by atoms with Gasteiger partial charge in [-0.2, -0.15) is 5.10 Å². The highest BCUT2D eigenvalue weighted by Crippen LogP contribution is 2.31. The van der Waals surface area contributed by atoms with Crippen LogP contribution in [0.25, 0.3) is 33.3 Å². The molecule has 4 aromatic heterocycles. The molecule has 6 rings (SSSR count). The van der Waals surface area contributed by atoms with E-state index < -0.39 is 0 Å². The number of nitrogens with zero attached hydrogens (tertiary/aromatic N) is 7. The molecule has 9 nitrogen and oxygen atoms in total. The van der Waals surface area contributed by atoms with Crippen molar-refractivity contribution in [2.45, 2.75) is 6.54 Å². The molecule has 0 bridgehead atoms. The monoisotopic (exact) mass is 538 g/mol. The molecule has 1 aromatic carbocycles. The van der Waals surface area contributed by atoms with Crippen LogP contribution in [0.15, 0.2) is 73.4 Å². The number of pyridine rings is 2. The lowest BCUT2D eigenvalue weighted by atomic mass is 10.1. The molecule has 1 amide bonds. The number of benzene rings is 1. The van der Waals surface area contributed by atoms with Crippen molar-refractivity contribution >= 4 is 22.8 Å². The molecule has 10 heteroatoms. The molecule has 204 valence electrons. The van der Waals surface area contributed by atoms with Gasteiger partial charge in [0.2, 0.25) is 5.91 Å². The number of piperazine rings is 1. The van der Waals surface area contributed by atoms with E-state index in [0.717, 1.165) is 57.8 Å². The van der Waals surface area contributed by atoms with Gasteiger partial charge in [-0.3, -0.25) is 9.48 Å². The van der Waals surface area contributed by atoms with E-state index in [-0.39, 0.29) is 11.7 Å². The van der Waals surface area contributed by atoms with Crippen molar-refractivity contribution in [3.8, 4) is 22.3 Å². The molecule has 0 saturated carbocycles. The summed E-state index contributed by atoms with van der Waals surface area (Å²) in [7, 11) is 3.82. The van der Waals surface area contributed by atoms with Crippen molar-refractivity contribution in [2.75, 3.05) is 51.7 Å². The highest BCUT2D eigenvalue weighted by atomic mass is 19.1. The summed E-state index contributed by atoms with van der Waals surface area (Å²) in [5.41, 5.74) is 5.56. The smallest absolute Gasteiger partial charge is 0.236 e. The van der Waals surface area contributed by atoms with E-state index in [1.54, 1.807) is 10.7 Å². The Labute approximate surface area is 231 Å². The third kappa shape index (κ3) is 5.43. The number of likely N-dealkylation sites (N-methyl/N-ethyl adjacent to an activating group) is 1. The van der Waals surface area contributed by atoms with E-state index in [9.17, 15) is 9.18 Å². The molecule has 1 saturated heterocycles. The van der Waals surface area contributed by atoms with Crippen molar-refractivity contribution in [3.63, 3.8) is 0 Å². The number of halogens is 1. The fraction of sp³-hybridized carbons (Fsp3) is 0.267. The molecule has 0 atom stereocenters. The van der Waals surface area contributed by atoms with Crippen LogP contribution in [0.5, 0.6) is 0 Å². The number of fused-ring (bicyclic) bond motifs is 1. The second-order valence-electron chi connectivity index (χ2n) is 10.4. The van der Waals surface area contributed by atoms with Crippen LogP contribution in [-0.4, -0.2) is 87.3 Å².